The van der Waals surface area contributed by atoms with Crippen LogP contribution in [0.3, 0.4) is 0 Å². The van der Waals surface area contributed by atoms with E-state index in [2.05, 4.69) is 0 Å². The second-order valence-electron chi connectivity index (χ2n) is 3.76. The summed E-state index contributed by atoms with van der Waals surface area (Å²) in [5.74, 6) is 0. The lowest BCUT2D eigenvalue weighted by atomic mass is 10.2. The molecule has 0 aromatic heterocycles. The molecular weight excluding hydrogens is 299 g/mol. The van der Waals surface area contributed by atoms with Gasteiger partial charge in [-0.1, -0.05) is 30.0 Å². The third-order valence-corrected chi connectivity index (χ3v) is 3.41. The van der Waals surface area contributed by atoms with Gasteiger partial charge in [0.15, 0.2) is 0 Å². The van der Waals surface area contributed by atoms with Crippen LogP contribution in [0.2, 0.25) is 0 Å². The van der Waals surface area contributed by atoms with Gasteiger partial charge in [0.05, 0.1) is 0 Å². The standard InChI is InChI=1S/C13H13F5OS/c1-2-19-11(20-9-6-4-3-5-7-9)8-10(12(14)15)13(16,17)18/h3-7,11H,2,8H2,1H3. The lowest BCUT2D eigenvalue weighted by Crippen LogP contribution is -2.19. The molecule has 0 aliphatic carbocycles. The first kappa shape index (κ1) is 17.0. The van der Waals surface area contributed by atoms with Gasteiger partial charge >= 0.3 is 6.18 Å². The van der Waals surface area contributed by atoms with E-state index in [1.807, 2.05) is 0 Å². The Morgan fingerprint density at radius 3 is 2.25 bits per heavy atom. The first-order valence-electron chi connectivity index (χ1n) is 5.79. The Hall–Kier alpha value is -1.08. The zero-order chi connectivity index (χ0) is 15.2. The molecule has 1 aromatic rings. The predicted octanol–water partition coefficient (Wildman–Crippen LogP) is 5.24. The van der Waals surface area contributed by atoms with Gasteiger partial charge in [0.25, 0.3) is 6.08 Å². The van der Waals surface area contributed by atoms with E-state index in [1.54, 1.807) is 37.3 Å². The van der Waals surface area contributed by atoms with Crippen molar-refractivity contribution < 1.29 is 26.7 Å². The largest absolute Gasteiger partial charge is 0.417 e. The van der Waals surface area contributed by atoms with Crippen LogP contribution >= 0.6 is 11.8 Å². The van der Waals surface area contributed by atoms with Crippen LogP contribution in [0.25, 0.3) is 0 Å². The molecule has 1 unspecified atom stereocenters. The smallest absolute Gasteiger partial charge is 0.367 e. The quantitative estimate of drug-likeness (QED) is 0.403. The van der Waals surface area contributed by atoms with Crippen molar-refractivity contribution in [2.45, 2.75) is 29.9 Å². The first-order valence-corrected chi connectivity index (χ1v) is 6.67. The molecule has 1 atom stereocenters. The number of thioether (sulfide) groups is 1. The highest BCUT2D eigenvalue weighted by molar-refractivity contribution is 7.99. The van der Waals surface area contributed by atoms with Crippen molar-refractivity contribution >= 4 is 11.8 Å². The number of rotatable bonds is 6. The average molecular weight is 312 g/mol. The zero-order valence-electron chi connectivity index (χ0n) is 10.6. The highest BCUT2D eigenvalue weighted by Gasteiger charge is 2.39. The fourth-order valence-corrected chi connectivity index (χ4v) is 2.51. The van der Waals surface area contributed by atoms with Crippen LogP contribution in [0.5, 0.6) is 0 Å². The average Bonchev–Trinajstić information content (AvgIpc) is 2.35. The molecule has 1 nitrogen and oxygen atoms in total. The topological polar surface area (TPSA) is 9.23 Å². The van der Waals surface area contributed by atoms with Gasteiger partial charge in [-0.15, -0.1) is 0 Å². The molecule has 1 aromatic carbocycles. The molecule has 0 spiro atoms. The molecule has 0 N–H and O–H groups in total. The molecule has 0 aliphatic rings. The van der Waals surface area contributed by atoms with Gasteiger partial charge < -0.3 is 4.74 Å². The molecule has 0 bridgehead atoms. The summed E-state index contributed by atoms with van der Waals surface area (Å²) in [6.07, 6.45) is -8.65. The molecule has 7 heteroatoms. The van der Waals surface area contributed by atoms with Crippen LogP contribution < -0.4 is 0 Å². The second kappa shape index (κ2) is 7.64. The molecule has 0 amide bonds. The second-order valence-corrected chi connectivity index (χ2v) is 4.99. The molecular formula is C13H13F5OS. The Morgan fingerprint density at radius 2 is 1.80 bits per heavy atom. The van der Waals surface area contributed by atoms with E-state index in [1.165, 1.54) is 0 Å². The summed E-state index contributed by atoms with van der Waals surface area (Å²) in [4.78, 5) is 0.659. The highest BCUT2D eigenvalue weighted by Crippen LogP contribution is 2.37. The molecule has 112 valence electrons. The Balaban J connectivity index is 2.84. The molecule has 0 saturated carbocycles. The minimum Gasteiger partial charge on any atom is -0.367 e. The maximum atomic E-state index is 12.5. The summed E-state index contributed by atoms with van der Waals surface area (Å²) in [7, 11) is 0. The van der Waals surface area contributed by atoms with Gasteiger partial charge in [0, 0.05) is 17.9 Å². The molecule has 0 aliphatic heterocycles. The van der Waals surface area contributed by atoms with Gasteiger partial charge in [-0.3, -0.25) is 0 Å². The van der Waals surface area contributed by atoms with Crippen molar-refractivity contribution in [3.8, 4) is 0 Å². The summed E-state index contributed by atoms with van der Waals surface area (Å²) >= 11 is 0.985. The lowest BCUT2D eigenvalue weighted by molar-refractivity contribution is -0.100. The van der Waals surface area contributed by atoms with Crippen molar-refractivity contribution in [1.29, 1.82) is 0 Å². The van der Waals surface area contributed by atoms with E-state index < -0.39 is 29.7 Å². The Morgan fingerprint density at radius 1 is 1.20 bits per heavy atom. The van der Waals surface area contributed by atoms with E-state index >= 15 is 0 Å². The Bertz CT molecular complexity index is 440. The third kappa shape index (κ3) is 5.50. The van der Waals surface area contributed by atoms with Gasteiger partial charge in [-0.25, -0.2) is 0 Å². The molecule has 0 saturated heterocycles. The minimum atomic E-state index is -5.05. The number of ether oxygens (including phenoxy) is 1. The van der Waals surface area contributed by atoms with Crippen molar-refractivity contribution in [2.75, 3.05) is 6.61 Å². The molecule has 0 heterocycles. The molecule has 0 fully saturated rings. The van der Waals surface area contributed by atoms with E-state index in [0.29, 0.717) is 4.90 Å². The van der Waals surface area contributed by atoms with Gasteiger partial charge in [-0.05, 0) is 19.1 Å². The Kier molecular flexibility index (Phi) is 6.48. The van der Waals surface area contributed by atoms with E-state index in [4.69, 9.17) is 4.74 Å². The molecule has 1 rings (SSSR count). The monoisotopic (exact) mass is 312 g/mol. The first-order chi connectivity index (χ1) is 9.34. The van der Waals surface area contributed by atoms with Crippen LogP contribution in [-0.4, -0.2) is 18.2 Å². The Labute approximate surface area is 117 Å². The van der Waals surface area contributed by atoms with Crippen LogP contribution in [0, 0.1) is 0 Å². The van der Waals surface area contributed by atoms with Crippen molar-refractivity contribution in [3.63, 3.8) is 0 Å². The fraction of sp³-hybridized carbons (Fsp3) is 0.385. The minimum absolute atomic E-state index is 0.142. The maximum Gasteiger partial charge on any atom is 0.417 e. The fourth-order valence-electron chi connectivity index (χ4n) is 1.44. The van der Waals surface area contributed by atoms with Crippen molar-refractivity contribution in [1.82, 2.24) is 0 Å². The summed E-state index contributed by atoms with van der Waals surface area (Å²) in [6, 6.07) is 8.53. The number of benzene rings is 1. The van der Waals surface area contributed by atoms with E-state index in [-0.39, 0.29) is 6.61 Å². The molecule has 0 radical (unpaired) electrons. The normalized spacial score (nSPS) is 13.1. The van der Waals surface area contributed by atoms with Gasteiger partial charge in [0.2, 0.25) is 0 Å². The third-order valence-electron chi connectivity index (χ3n) is 2.30. The van der Waals surface area contributed by atoms with Crippen LogP contribution in [0.4, 0.5) is 22.0 Å². The van der Waals surface area contributed by atoms with Crippen LogP contribution in [0.1, 0.15) is 13.3 Å². The van der Waals surface area contributed by atoms with Crippen molar-refractivity contribution in [3.05, 3.63) is 42.0 Å². The summed E-state index contributed by atoms with van der Waals surface area (Å²) in [5.41, 5.74) is -2.85. The lowest BCUT2D eigenvalue weighted by Gasteiger charge is -2.19. The summed E-state index contributed by atoms with van der Waals surface area (Å²) in [5, 5.41) is 0. The number of hydrogen-bond acceptors (Lipinski definition) is 2. The predicted molar refractivity (Wildman–Crippen MR) is 67.6 cm³/mol. The van der Waals surface area contributed by atoms with E-state index in [9.17, 15) is 22.0 Å². The van der Waals surface area contributed by atoms with E-state index in [0.717, 1.165) is 11.8 Å². The van der Waals surface area contributed by atoms with Crippen LogP contribution in [0.15, 0.2) is 46.9 Å². The zero-order valence-corrected chi connectivity index (χ0v) is 11.4. The summed E-state index contributed by atoms with van der Waals surface area (Å²) in [6.45, 7) is 1.74. The number of halogens is 5. The van der Waals surface area contributed by atoms with Gasteiger partial charge in [0.1, 0.15) is 11.0 Å². The van der Waals surface area contributed by atoms with Gasteiger partial charge in [-0.2, -0.15) is 22.0 Å². The maximum absolute atomic E-state index is 12.5. The number of hydrogen-bond donors (Lipinski definition) is 0. The molecule has 20 heavy (non-hydrogen) atoms. The SMILES string of the molecule is CCOC(CC(=C(F)F)C(F)(F)F)Sc1ccccc1. The summed E-state index contributed by atoms with van der Waals surface area (Å²) < 4.78 is 67.5. The number of alkyl halides is 3. The highest BCUT2D eigenvalue weighted by atomic mass is 32.2. The van der Waals surface area contributed by atoms with Crippen LogP contribution in [-0.2, 0) is 4.74 Å². The van der Waals surface area contributed by atoms with Crippen molar-refractivity contribution in [2.24, 2.45) is 0 Å².